The van der Waals surface area contributed by atoms with Crippen molar-refractivity contribution in [2.45, 2.75) is 12.8 Å². The van der Waals surface area contributed by atoms with Crippen LogP contribution in [0.15, 0.2) is 52.9 Å². The smallest absolute Gasteiger partial charge is 0.256 e. The fourth-order valence-electron chi connectivity index (χ4n) is 4.33. The summed E-state index contributed by atoms with van der Waals surface area (Å²) in [4.78, 5) is 27.5. The molecular weight excluding hydrogens is 473 g/mol. The van der Waals surface area contributed by atoms with Crippen molar-refractivity contribution in [3.8, 4) is 11.3 Å². The van der Waals surface area contributed by atoms with Gasteiger partial charge in [-0.25, -0.2) is 0 Å². The Morgan fingerprint density at radius 2 is 1.91 bits per heavy atom. The highest BCUT2D eigenvalue weighted by Gasteiger charge is 2.26. The fraction of sp³-hybridized carbons (Fsp3) is 0.231. The molecule has 2 N–H and O–H groups in total. The summed E-state index contributed by atoms with van der Waals surface area (Å²) in [6, 6.07) is 14.2. The minimum Gasteiger partial charge on any atom is -0.457 e. The normalized spacial score (nSPS) is 16.6. The average Bonchev–Trinajstić information content (AvgIpc) is 3.57. The number of hydrogen-bond acceptors (Lipinski definition) is 4. The minimum absolute atomic E-state index is 0.212. The molecule has 8 heteroatoms. The van der Waals surface area contributed by atoms with E-state index in [2.05, 4.69) is 15.5 Å². The van der Waals surface area contributed by atoms with Crippen molar-refractivity contribution in [3.05, 3.63) is 75.5 Å². The van der Waals surface area contributed by atoms with Crippen molar-refractivity contribution in [1.82, 2.24) is 10.2 Å². The minimum atomic E-state index is -0.236. The Bertz CT molecular complexity index is 1290. The number of benzene rings is 2. The standard InChI is InChI=1S/C26H23Cl2N3O3/c27-21-8-6-16(14-20(21)25(32)29-10-13-31-11-1-2-12-31)23-9-7-17(34-23)15-19-18-4-3-5-22(28)24(18)30-26(19)33/h3-9,14-15H,1-2,10-13H2,(H,29,32)(H,30,33). The highest BCUT2D eigenvalue weighted by atomic mass is 35.5. The van der Waals surface area contributed by atoms with Gasteiger partial charge in [0, 0.05) is 24.2 Å². The van der Waals surface area contributed by atoms with E-state index in [-0.39, 0.29) is 11.8 Å². The molecule has 0 bridgehead atoms. The van der Waals surface area contributed by atoms with E-state index >= 15 is 0 Å². The van der Waals surface area contributed by atoms with E-state index in [0.29, 0.717) is 44.9 Å². The monoisotopic (exact) mass is 495 g/mol. The van der Waals surface area contributed by atoms with Gasteiger partial charge < -0.3 is 20.0 Å². The largest absolute Gasteiger partial charge is 0.457 e. The number of amides is 2. The van der Waals surface area contributed by atoms with Crippen molar-refractivity contribution in [1.29, 1.82) is 0 Å². The predicted molar refractivity (Wildman–Crippen MR) is 135 cm³/mol. The molecule has 2 amide bonds. The van der Waals surface area contributed by atoms with Crippen molar-refractivity contribution in [2.24, 2.45) is 0 Å². The molecule has 0 spiro atoms. The number of carbonyl (C=O) groups is 2. The summed E-state index contributed by atoms with van der Waals surface area (Å²) < 4.78 is 5.98. The number of nitrogens with zero attached hydrogens (tertiary/aromatic N) is 1. The van der Waals surface area contributed by atoms with Gasteiger partial charge >= 0.3 is 0 Å². The zero-order valence-electron chi connectivity index (χ0n) is 18.4. The SMILES string of the molecule is O=C1Nc2c(Cl)cccc2C1=Cc1ccc(-c2ccc(Cl)c(C(=O)NCCN3CCCC3)c2)o1. The van der Waals surface area contributed by atoms with Crippen molar-refractivity contribution < 1.29 is 14.0 Å². The van der Waals surface area contributed by atoms with Gasteiger partial charge in [-0.3, -0.25) is 9.59 Å². The zero-order chi connectivity index (χ0) is 23.7. The van der Waals surface area contributed by atoms with E-state index in [1.54, 1.807) is 48.5 Å². The number of nitrogens with one attached hydrogen (secondary N) is 2. The Labute approximate surface area is 207 Å². The molecule has 1 saturated heterocycles. The summed E-state index contributed by atoms with van der Waals surface area (Å²) in [5, 5.41) is 6.62. The molecular formula is C26H23Cl2N3O3. The van der Waals surface area contributed by atoms with Crippen molar-refractivity contribution in [2.75, 3.05) is 31.5 Å². The molecule has 2 aromatic carbocycles. The predicted octanol–water partition coefficient (Wildman–Crippen LogP) is 5.57. The molecule has 0 unspecified atom stereocenters. The van der Waals surface area contributed by atoms with Gasteiger partial charge in [0.2, 0.25) is 0 Å². The molecule has 1 fully saturated rings. The maximum atomic E-state index is 12.7. The van der Waals surface area contributed by atoms with E-state index in [0.717, 1.165) is 30.8 Å². The lowest BCUT2D eigenvalue weighted by molar-refractivity contribution is -0.110. The highest BCUT2D eigenvalue weighted by Crippen LogP contribution is 2.38. The van der Waals surface area contributed by atoms with Gasteiger partial charge in [0.05, 0.1) is 26.9 Å². The van der Waals surface area contributed by atoms with Gasteiger partial charge in [-0.1, -0.05) is 35.3 Å². The molecule has 174 valence electrons. The van der Waals surface area contributed by atoms with E-state index in [4.69, 9.17) is 27.6 Å². The lowest BCUT2D eigenvalue weighted by Gasteiger charge is -2.15. The van der Waals surface area contributed by atoms with E-state index in [9.17, 15) is 9.59 Å². The number of fused-ring (bicyclic) bond motifs is 1. The first kappa shape index (κ1) is 22.7. The second-order valence-corrected chi connectivity index (χ2v) is 9.19. The van der Waals surface area contributed by atoms with Gasteiger partial charge in [-0.15, -0.1) is 0 Å². The molecule has 0 atom stereocenters. The molecule has 34 heavy (non-hydrogen) atoms. The number of likely N-dealkylation sites (tertiary alicyclic amines) is 1. The molecule has 0 radical (unpaired) electrons. The maximum Gasteiger partial charge on any atom is 0.256 e. The lowest BCUT2D eigenvalue weighted by Crippen LogP contribution is -2.33. The van der Waals surface area contributed by atoms with Crippen LogP contribution in [0, 0.1) is 0 Å². The molecule has 0 saturated carbocycles. The second kappa shape index (κ2) is 9.66. The third kappa shape index (κ3) is 4.62. The highest BCUT2D eigenvalue weighted by molar-refractivity contribution is 6.41. The topological polar surface area (TPSA) is 74.6 Å². The third-order valence-corrected chi connectivity index (χ3v) is 6.75. The third-order valence-electron chi connectivity index (χ3n) is 6.11. The summed E-state index contributed by atoms with van der Waals surface area (Å²) in [7, 11) is 0. The van der Waals surface area contributed by atoms with Gasteiger partial charge in [-0.05, 0) is 68.4 Å². The van der Waals surface area contributed by atoms with E-state index in [1.165, 1.54) is 12.8 Å². The van der Waals surface area contributed by atoms with Crippen LogP contribution in [0.2, 0.25) is 10.0 Å². The van der Waals surface area contributed by atoms with E-state index in [1.807, 2.05) is 6.07 Å². The van der Waals surface area contributed by atoms with Crippen LogP contribution in [0.3, 0.4) is 0 Å². The first-order chi connectivity index (χ1) is 16.5. The summed E-state index contributed by atoms with van der Waals surface area (Å²) in [5.74, 6) is 0.635. The number of rotatable bonds is 6. The summed E-state index contributed by atoms with van der Waals surface area (Å²) in [6.07, 6.45) is 4.12. The number of halogens is 2. The zero-order valence-corrected chi connectivity index (χ0v) is 19.9. The molecule has 2 aliphatic heterocycles. The van der Waals surface area contributed by atoms with Crippen LogP contribution in [0.4, 0.5) is 5.69 Å². The Balaban J connectivity index is 1.33. The van der Waals surface area contributed by atoms with Gasteiger partial charge in [0.15, 0.2) is 0 Å². The molecule has 3 heterocycles. The first-order valence-corrected chi connectivity index (χ1v) is 12.0. The number of anilines is 1. The van der Waals surface area contributed by atoms with Crippen LogP contribution < -0.4 is 10.6 Å². The van der Waals surface area contributed by atoms with Crippen LogP contribution in [0.25, 0.3) is 23.0 Å². The van der Waals surface area contributed by atoms with Crippen molar-refractivity contribution in [3.63, 3.8) is 0 Å². The molecule has 0 aliphatic carbocycles. The lowest BCUT2D eigenvalue weighted by atomic mass is 10.1. The first-order valence-electron chi connectivity index (χ1n) is 11.2. The summed E-state index contributed by atoms with van der Waals surface area (Å²) in [6.45, 7) is 3.58. The Kier molecular flexibility index (Phi) is 6.46. The molecule has 6 nitrogen and oxygen atoms in total. The summed E-state index contributed by atoms with van der Waals surface area (Å²) >= 11 is 12.5. The van der Waals surface area contributed by atoms with Gasteiger partial charge in [-0.2, -0.15) is 0 Å². The Hall–Kier alpha value is -3.06. The van der Waals surface area contributed by atoms with E-state index < -0.39 is 0 Å². The van der Waals surface area contributed by atoms with Crippen LogP contribution in [-0.4, -0.2) is 42.9 Å². The second-order valence-electron chi connectivity index (χ2n) is 8.38. The average molecular weight is 496 g/mol. The van der Waals surface area contributed by atoms with Crippen LogP contribution in [0.1, 0.15) is 34.5 Å². The number of carbonyl (C=O) groups excluding carboxylic acids is 2. The van der Waals surface area contributed by atoms with Crippen LogP contribution in [-0.2, 0) is 4.79 Å². The maximum absolute atomic E-state index is 12.7. The molecule has 1 aromatic heterocycles. The Morgan fingerprint density at radius 1 is 1.09 bits per heavy atom. The fourth-order valence-corrected chi connectivity index (χ4v) is 4.76. The van der Waals surface area contributed by atoms with Crippen LogP contribution in [0.5, 0.6) is 0 Å². The molecule has 3 aromatic rings. The Morgan fingerprint density at radius 3 is 2.74 bits per heavy atom. The van der Waals surface area contributed by atoms with Gasteiger partial charge in [0.25, 0.3) is 11.8 Å². The molecule has 2 aliphatic rings. The quantitative estimate of drug-likeness (QED) is 0.438. The number of furan rings is 1. The van der Waals surface area contributed by atoms with Gasteiger partial charge in [0.1, 0.15) is 11.5 Å². The summed E-state index contributed by atoms with van der Waals surface area (Å²) in [5.41, 5.74) is 2.93. The van der Waals surface area contributed by atoms with Crippen molar-refractivity contribution >= 4 is 52.4 Å². The van der Waals surface area contributed by atoms with Crippen LogP contribution >= 0.6 is 23.2 Å². The number of hydrogen-bond donors (Lipinski definition) is 2. The molecule has 5 rings (SSSR count). The number of para-hydroxylation sites is 1.